The number of hydrogen-bond donors (Lipinski definition) is 0. The molecule has 0 radical (unpaired) electrons. The summed E-state index contributed by atoms with van der Waals surface area (Å²) in [5, 5.41) is 0. The molecule has 5 heteroatoms. The molecule has 1 amide bonds. The number of pyridine rings is 1. The number of hydrogen-bond acceptors (Lipinski definition) is 4. The Morgan fingerprint density at radius 2 is 1.66 bits per heavy atom. The molecule has 0 saturated carbocycles. The predicted molar refractivity (Wildman–Crippen MR) is 136 cm³/mol. The monoisotopic (exact) mass is 464 g/mol. The van der Waals surface area contributed by atoms with Crippen molar-refractivity contribution in [1.82, 2.24) is 9.88 Å². The van der Waals surface area contributed by atoms with Crippen LogP contribution < -0.4 is 9.47 Å². The van der Waals surface area contributed by atoms with Crippen molar-refractivity contribution >= 4 is 5.91 Å². The zero-order valence-corrected chi connectivity index (χ0v) is 20.0. The quantitative estimate of drug-likeness (QED) is 0.339. The van der Waals surface area contributed by atoms with Crippen LogP contribution in [0.15, 0.2) is 97.2 Å². The molecular formula is C30H28N2O3. The Labute approximate surface area is 206 Å². The summed E-state index contributed by atoms with van der Waals surface area (Å²) in [6.07, 6.45) is 2.46. The van der Waals surface area contributed by atoms with Gasteiger partial charge in [-0.1, -0.05) is 60.7 Å². The maximum Gasteiger partial charge on any atom is 0.255 e. The van der Waals surface area contributed by atoms with Crippen LogP contribution >= 0.6 is 0 Å². The molecule has 0 aliphatic carbocycles. The Kier molecular flexibility index (Phi) is 6.23. The zero-order valence-electron chi connectivity index (χ0n) is 20.0. The summed E-state index contributed by atoms with van der Waals surface area (Å²) < 4.78 is 11.8. The fourth-order valence-electron chi connectivity index (χ4n) is 4.82. The van der Waals surface area contributed by atoms with E-state index >= 15 is 0 Å². The molecule has 0 saturated heterocycles. The molecular weight excluding hydrogens is 436 g/mol. The molecule has 5 nitrogen and oxygen atoms in total. The number of aromatic nitrogens is 1. The summed E-state index contributed by atoms with van der Waals surface area (Å²) in [6, 6.07) is 29.7. The van der Waals surface area contributed by atoms with Crippen LogP contribution in [-0.2, 0) is 18.6 Å². The van der Waals surface area contributed by atoms with Crippen molar-refractivity contribution in [3.63, 3.8) is 0 Å². The van der Waals surface area contributed by atoms with E-state index in [9.17, 15) is 4.79 Å². The first-order valence-electron chi connectivity index (χ1n) is 11.8. The van der Waals surface area contributed by atoms with Crippen molar-refractivity contribution in [1.29, 1.82) is 0 Å². The Balaban J connectivity index is 1.48. The van der Waals surface area contributed by atoms with E-state index in [1.807, 2.05) is 95.9 Å². The first kappa shape index (κ1) is 22.7. The smallest absolute Gasteiger partial charge is 0.255 e. The highest BCUT2D eigenvalue weighted by Crippen LogP contribution is 2.46. The Hall–Kier alpha value is -4.12. The minimum absolute atomic E-state index is 0.0300. The highest BCUT2D eigenvalue weighted by Gasteiger charge is 2.47. The van der Waals surface area contributed by atoms with E-state index < -0.39 is 5.54 Å². The van der Waals surface area contributed by atoms with E-state index in [-0.39, 0.29) is 5.91 Å². The standard InChI is InChI=1S/C30H28N2O3/c1-30(23-15-16-27(28(20-23)34-2)35-21-22-10-4-3-5-11-22)26-14-7-6-13-25(26)29(33)32(30)19-17-24-12-8-9-18-31-24/h3-16,18,20H,17,19,21H2,1-2H3. The molecule has 0 bridgehead atoms. The van der Waals surface area contributed by atoms with Crippen LogP contribution in [-0.4, -0.2) is 29.4 Å². The molecule has 1 atom stereocenters. The lowest BCUT2D eigenvalue weighted by Crippen LogP contribution is -2.43. The predicted octanol–water partition coefficient (Wildman–Crippen LogP) is 5.63. The van der Waals surface area contributed by atoms with Gasteiger partial charge in [-0.25, -0.2) is 0 Å². The fraction of sp³-hybridized carbons (Fsp3) is 0.200. The Morgan fingerprint density at radius 3 is 2.43 bits per heavy atom. The average Bonchev–Trinajstić information content (AvgIpc) is 3.14. The van der Waals surface area contributed by atoms with Gasteiger partial charge in [0.05, 0.1) is 12.6 Å². The number of rotatable bonds is 8. The maximum atomic E-state index is 13.5. The van der Waals surface area contributed by atoms with Gasteiger partial charge in [0.2, 0.25) is 0 Å². The summed E-state index contributed by atoms with van der Waals surface area (Å²) >= 11 is 0. The second-order valence-electron chi connectivity index (χ2n) is 8.79. The van der Waals surface area contributed by atoms with Crippen LogP contribution in [0.5, 0.6) is 11.5 Å². The molecule has 2 heterocycles. The van der Waals surface area contributed by atoms with Crippen molar-refractivity contribution in [3.8, 4) is 11.5 Å². The summed E-state index contributed by atoms with van der Waals surface area (Å²) in [7, 11) is 1.64. The highest BCUT2D eigenvalue weighted by atomic mass is 16.5. The van der Waals surface area contributed by atoms with Gasteiger partial charge in [-0.2, -0.15) is 0 Å². The number of amides is 1. The third kappa shape index (κ3) is 4.26. The van der Waals surface area contributed by atoms with Gasteiger partial charge < -0.3 is 14.4 Å². The van der Waals surface area contributed by atoms with Crippen molar-refractivity contribution in [2.24, 2.45) is 0 Å². The minimum Gasteiger partial charge on any atom is -0.493 e. The molecule has 5 rings (SSSR count). The van der Waals surface area contributed by atoms with Gasteiger partial charge in [0.25, 0.3) is 5.91 Å². The SMILES string of the molecule is COc1cc(C2(C)c3ccccc3C(=O)N2CCc2ccccn2)ccc1OCc1ccccc1. The topological polar surface area (TPSA) is 51.7 Å². The van der Waals surface area contributed by atoms with Crippen LogP contribution in [0.3, 0.4) is 0 Å². The number of nitrogens with zero attached hydrogens (tertiary/aromatic N) is 2. The molecule has 1 aliphatic rings. The Bertz CT molecular complexity index is 1320. The summed E-state index contributed by atoms with van der Waals surface area (Å²) in [5.74, 6) is 1.34. The number of benzene rings is 3. The Morgan fingerprint density at radius 1 is 0.886 bits per heavy atom. The van der Waals surface area contributed by atoms with E-state index in [0.717, 1.165) is 27.9 Å². The number of carbonyl (C=O) groups excluding carboxylic acids is 1. The van der Waals surface area contributed by atoms with Crippen molar-refractivity contribution < 1.29 is 14.3 Å². The van der Waals surface area contributed by atoms with Crippen molar-refractivity contribution in [2.45, 2.75) is 25.5 Å². The molecule has 1 aromatic heterocycles. The fourth-order valence-corrected chi connectivity index (χ4v) is 4.82. The molecule has 1 aliphatic heterocycles. The molecule has 0 spiro atoms. The van der Waals surface area contributed by atoms with Crippen LogP contribution in [0, 0.1) is 0 Å². The average molecular weight is 465 g/mol. The molecule has 0 N–H and O–H groups in total. The maximum absolute atomic E-state index is 13.5. The van der Waals surface area contributed by atoms with Gasteiger partial charge in [-0.3, -0.25) is 9.78 Å². The van der Waals surface area contributed by atoms with Gasteiger partial charge in [0.15, 0.2) is 11.5 Å². The van der Waals surface area contributed by atoms with Gasteiger partial charge in [-0.05, 0) is 53.9 Å². The summed E-state index contributed by atoms with van der Waals surface area (Å²) in [5.41, 5.74) is 4.10. The van der Waals surface area contributed by atoms with Crippen LogP contribution in [0.4, 0.5) is 0 Å². The lowest BCUT2D eigenvalue weighted by Gasteiger charge is -2.37. The molecule has 3 aromatic carbocycles. The van der Waals surface area contributed by atoms with Crippen molar-refractivity contribution in [3.05, 3.63) is 125 Å². The highest BCUT2D eigenvalue weighted by molar-refractivity contribution is 6.00. The normalized spacial score (nSPS) is 16.7. The minimum atomic E-state index is -0.645. The van der Waals surface area contributed by atoms with Crippen LogP contribution in [0.2, 0.25) is 0 Å². The van der Waals surface area contributed by atoms with E-state index in [2.05, 4.69) is 11.9 Å². The van der Waals surface area contributed by atoms with Crippen LogP contribution in [0.1, 0.15) is 39.7 Å². The number of fused-ring (bicyclic) bond motifs is 1. The van der Waals surface area contributed by atoms with E-state index in [1.54, 1.807) is 13.3 Å². The largest absolute Gasteiger partial charge is 0.493 e. The number of methoxy groups -OCH3 is 1. The first-order chi connectivity index (χ1) is 17.1. The molecule has 35 heavy (non-hydrogen) atoms. The van der Waals surface area contributed by atoms with Gasteiger partial charge >= 0.3 is 0 Å². The van der Waals surface area contributed by atoms with Crippen molar-refractivity contribution in [2.75, 3.05) is 13.7 Å². The van der Waals surface area contributed by atoms with Gasteiger partial charge in [-0.15, -0.1) is 0 Å². The first-order valence-corrected chi connectivity index (χ1v) is 11.8. The molecule has 4 aromatic rings. The number of carbonyl (C=O) groups is 1. The van der Waals surface area contributed by atoms with Crippen LogP contribution in [0.25, 0.3) is 0 Å². The molecule has 0 fully saturated rings. The second-order valence-corrected chi connectivity index (χ2v) is 8.79. The van der Waals surface area contributed by atoms with E-state index in [4.69, 9.17) is 9.47 Å². The van der Waals surface area contributed by atoms with Gasteiger partial charge in [0, 0.05) is 30.4 Å². The number of ether oxygens (including phenoxy) is 2. The lowest BCUT2D eigenvalue weighted by atomic mass is 9.84. The third-order valence-corrected chi connectivity index (χ3v) is 6.75. The van der Waals surface area contributed by atoms with E-state index in [1.165, 1.54) is 0 Å². The third-order valence-electron chi connectivity index (χ3n) is 6.75. The van der Waals surface area contributed by atoms with E-state index in [0.29, 0.717) is 31.1 Å². The second kappa shape index (κ2) is 9.63. The summed E-state index contributed by atoms with van der Waals surface area (Å²) in [6.45, 7) is 3.11. The zero-order chi connectivity index (χ0) is 24.3. The lowest BCUT2D eigenvalue weighted by molar-refractivity contribution is 0.0653. The van der Waals surface area contributed by atoms with Gasteiger partial charge in [0.1, 0.15) is 6.61 Å². The molecule has 176 valence electrons. The molecule has 1 unspecified atom stereocenters. The summed E-state index contributed by atoms with van der Waals surface area (Å²) in [4.78, 5) is 19.9.